The number of benzene rings is 5. The van der Waals surface area contributed by atoms with Gasteiger partial charge in [0.25, 0.3) is 5.56 Å². The van der Waals surface area contributed by atoms with Crippen LogP contribution < -0.4 is 86.6 Å². The molecular formula is C98H124N20O22S2. The van der Waals surface area contributed by atoms with Crippen molar-refractivity contribution >= 4 is 136 Å². The number of hydrogen-bond acceptors (Lipinski definition) is 28. The summed E-state index contributed by atoms with van der Waals surface area (Å²) in [4.78, 5) is 237. The van der Waals surface area contributed by atoms with E-state index in [1.165, 1.54) is 84.6 Å². The normalized spacial score (nSPS) is 16.1. The van der Waals surface area contributed by atoms with Crippen molar-refractivity contribution in [3.8, 4) is 28.6 Å². The lowest BCUT2D eigenvalue weighted by Crippen LogP contribution is -2.62. The first-order chi connectivity index (χ1) is 68.1. The average Bonchev–Trinajstić information content (AvgIpc) is 1.52. The molecule has 14 amide bonds. The number of cyclic esters (lactones) is 1. The van der Waals surface area contributed by atoms with Gasteiger partial charge < -0.3 is 125 Å². The molecule has 44 heteroatoms. The molecule has 5 aromatic carbocycles. The molecule has 11 rings (SSSR count). The lowest BCUT2D eigenvalue weighted by atomic mass is 9.85. The molecule has 0 radical (unpaired) electrons. The van der Waals surface area contributed by atoms with Gasteiger partial charge in [-0.25, -0.2) is 14.6 Å². The van der Waals surface area contributed by atoms with E-state index in [2.05, 4.69) is 94.0 Å². The SMILES string of the molecule is CC[C@H](NC(=O)[C@H](CCCCN)NC(=O)[C@@H](Cc1c[nH]c2ccccc12)NC(=O)[C@H](Cc1ccc(O)cc1)NC(=O)[C@H](CS)NC(=O)[C@@H](Cc1ccc(O)cc1)NC(=O)[C@@H](Cc1ccc(O)cc1)NC(=O)[C@H](CCCCN)NC(=O)N1CCN(CCNC(=O)CCCC(=O)NCC(=O)O[C@]2(CC)C(=O)OCc3c2cc2n(c3=O)Cc3cc4ccccc4nc3-2)CC1)C(=O)N[C@@H](CS)C(=O)N[C@H](C(N)=O)[C@@H](C)O. The first kappa shape index (κ1) is 108. The van der Waals surface area contributed by atoms with Gasteiger partial charge in [-0.1, -0.05) is 86.6 Å². The highest BCUT2D eigenvalue weighted by molar-refractivity contribution is 7.80. The second kappa shape index (κ2) is 51.8. The number of carbonyl (C=O) groups excluding carboxylic acids is 15. The third-order valence-corrected chi connectivity index (χ3v) is 25.7. The number of aliphatic hydroxyl groups excluding tert-OH is 1. The smallest absolute Gasteiger partial charge is 0.355 e. The molecule has 0 aliphatic carbocycles. The number of aromatic nitrogens is 3. The first-order valence-electron chi connectivity index (χ1n) is 47.2. The molecule has 12 atom stereocenters. The Labute approximate surface area is 829 Å². The fourth-order valence-corrected chi connectivity index (χ4v) is 17.4. The van der Waals surface area contributed by atoms with Gasteiger partial charge in [0.05, 0.1) is 35.1 Å². The van der Waals surface area contributed by atoms with E-state index in [0.717, 1.165) is 10.9 Å². The number of amides is 14. The molecule has 1 fully saturated rings. The van der Waals surface area contributed by atoms with Gasteiger partial charge in [0.2, 0.25) is 76.5 Å². The van der Waals surface area contributed by atoms with E-state index in [1.807, 2.05) is 35.2 Å². The summed E-state index contributed by atoms with van der Waals surface area (Å²) in [5, 5.41) is 74.7. The lowest BCUT2D eigenvalue weighted by Gasteiger charge is -2.35. The van der Waals surface area contributed by atoms with Crippen LogP contribution in [-0.2, 0) is 121 Å². The average molecular weight is 2000 g/mol. The van der Waals surface area contributed by atoms with E-state index in [4.69, 9.17) is 31.7 Å². The molecule has 1 saturated heterocycles. The highest BCUT2D eigenvalue weighted by Gasteiger charge is 2.51. The van der Waals surface area contributed by atoms with Crippen molar-refractivity contribution < 1.29 is 102 Å². The number of thiol groups is 2. The number of rotatable bonds is 51. The number of aromatic amines is 1. The third-order valence-electron chi connectivity index (χ3n) is 25.0. The van der Waals surface area contributed by atoms with Gasteiger partial charge in [-0.05, 0) is 161 Å². The van der Waals surface area contributed by atoms with Gasteiger partial charge in [0, 0.05) is 123 Å². The molecule has 23 N–H and O–H groups in total. The fraction of sp³-hybridized carbons (Fsp3) is 0.439. The Kier molecular flexibility index (Phi) is 39.5. The van der Waals surface area contributed by atoms with Crippen molar-refractivity contribution in [2.45, 2.75) is 202 Å². The van der Waals surface area contributed by atoms with E-state index < -0.39 is 173 Å². The van der Waals surface area contributed by atoms with E-state index in [9.17, 15) is 73.2 Å². The minimum absolute atomic E-state index is 0.0427. The van der Waals surface area contributed by atoms with Crippen LogP contribution in [0.15, 0.2) is 144 Å². The number of unbranched alkanes of at least 4 members (excludes halogenated alkanes) is 2. The van der Waals surface area contributed by atoms with Crippen LogP contribution in [0, 0.1) is 0 Å². The lowest BCUT2D eigenvalue weighted by molar-refractivity contribution is -0.189. The Morgan fingerprint density at radius 1 is 0.542 bits per heavy atom. The van der Waals surface area contributed by atoms with E-state index >= 15 is 24.0 Å². The molecule has 0 saturated carbocycles. The number of phenolic OH excluding ortho intramolecular Hbond substituents is 3. The van der Waals surface area contributed by atoms with Crippen molar-refractivity contribution in [3.05, 3.63) is 189 Å². The number of para-hydroxylation sites is 2. The van der Waals surface area contributed by atoms with Gasteiger partial charge >= 0.3 is 18.0 Å². The van der Waals surface area contributed by atoms with Gasteiger partial charge in [0.15, 0.2) is 0 Å². The van der Waals surface area contributed by atoms with Gasteiger partial charge in [-0.15, -0.1) is 0 Å². The number of nitrogens with two attached hydrogens (primary N) is 3. The number of aromatic hydroxyl groups is 3. The first-order valence-corrected chi connectivity index (χ1v) is 48.5. The molecule has 3 aliphatic rings. The molecule has 42 nitrogen and oxygen atoms in total. The molecule has 0 unspecified atom stereocenters. The van der Waals surface area contributed by atoms with E-state index in [0.29, 0.717) is 89.0 Å². The minimum Gasteiger partial charge on any atom is -0.508 e. The number of piperazine rings is 1. The highest BCUT2D eigenvalue weighted by atomic mass is 32.1. The maximum Gasteiger partial charge on any atom is 0.355 e. The zero-order valence-electron chi connectivity index (χ0n) is 79.0. The number of hydrogen-bond donors (Lipinski definition) is 22. The number of ether oxygens (including phenoxy) is 2. The van der Waals surface area contributed by atoms with Crippen molar-refractivity contribution in [2.75, 3.05) is 70.4 Å². The van der Waals surface area contributed by atoms with Crippen LogP contribution in [-0.4, -0.2) is 271 Å². The molecular weight excluding hydrogens is 1870 g/mol. The summed E-state index contributed by atoms with van der Waals surface area (Å²) in [6.07, 6.45) is 0.338. The van der Waals surface area contributed by atoms with E-state index in [1.54, 1.807) is 54.9 Å². The number of primary amides is 1. The third kappa shape index (κ3) is 29.2. The van der Waals surface area contributed by atoms with Crippen molar-refractivity contribution in [1.82, 2.24) is 88.1 Å². The standard InChI is InChI=1S/C98H124N20O22S2/c1-4-68(86(127)112-78(54-142)94(135)115-83(55(3)119)85(101)126)106-87(128)71(19-10-12-35-99)107-92(133)76(47-60-49-103-70-18-9-7-16-65(60)70)111-90(131)74(44-57-25-31-63(121)32-26-57)110-93(134)77(53-141)113-91(132)75(45-58-27-33-64(122)34-28-58)109-89(130)73(43-56-23-29-62(120)30-24-56)108-88(129)72(20-11-13-36-100)114-97(138)117-41-39-116(40-42-117)38-37-102-80(123)21-14-22-81(124)104-50-82(125)140-98(5-2)67-48-79-84-61(46-59-15-6-8-17-69(59)105-84)51-118(79)95(136)66(67)52-139-96(98)137/h6-9,15-18,23-34,46,48-49,55,68,71-78,83,103,119-122,141-142H,4-5,10-14,19-22,35-45,47,50-54,99-100H2,1-3H3,(H2,101,126)(H,102,123)(H,104,124)(H,106,128)(H,107,133)(H,108,129)(H,109,130)(H,110,134)(H,111,131)(H,112,127)(H,113,132)(H,114,138)(H,115,135)/t55-,68+,71+,72+,73-,74+,75-,76-,77+,78+,83+,98+/m1/s1. The molecule has 142 heavy (non-hydrogen) atoms. The molecule has 3 aliphatic heterocycles. The second-order valence-electron chi connectivity index (χ2n) is 35.2. The van der Waals surface area contributed by atoms with Crippen LogP contribution in [0.2, 0.25) is 0 Å². The van der Waals surface area contributed by atoms with Crippen molar-refractivity contribution in [1.29, 1.82) is 0 Å². The Morgan fingerprint density at radius 3 is 1.52 bits per heavy atom. The predicted octanol–water partition coefficient (Wildman–Crippen LogP) is 0.0548. The topological polar surface area (TPSA) is 635 Å². The maximum atomic E-state index is 15.3. The van der Waals surface area contributed by atoms with Crippen LogP contribution in [0.1, 0.15) is 130 Å². The number of nitrogens with one attached hydrogen (secondary N) is 13. The number of pyridine rings is 2. The zero-order chi connectivity index (χ0) is 102. The molecule has 3 aromatic heterocycles. The molecule has 760 valence electrons. The summed E-state index contributed by atoms with van der Waals surface area (Å²) in [7, 11) is 0. The number of fused-ring (bicyclic) bond motifs is 6. The number of aliphatic hydroxyl groups is 1. The summed E-state index contributed by atoms with van der Waals surface area (Å²) in [6, 6.07) is 19.7. The molecule has 0 bridgehead atoms. The number of phenols is 3. The zero-order valence-corrected chi connectivity index (χ0v) is 80.8. The Balaban J connectivity index is 0.710. The van der Waals surface area contributed by atoms with Crippen LogP contribution >= 0.6 is 25.3 Å². The summed E-state index contributed by atoms with van der Waals surface area (Å²) in [5.74, 6) is -13.2. The Hall–Kier alpha value is -14.2. The summed E-state index contributed by atoms with van der Waals surface area (Å²) < 4.78 is 12.9. The highest BCUT2D eigenvalue weighted by Crippen LogP contribution is 2.41. The van der Waals surface area contributed by atoms with Crippen LogP contribution in [0.5, 0.6) is 17.2 Å². The number of urea groups is 1. The summed E-state index contributed by atoms with van der Waals surface area (Å²) in [6.45, 7) is 5.80. The largest absolute Gasteiger partial charge is 0.508 e. The van der Waals surface area contributed by atoms with Crippen molar-refractivity contribution in [3.63, 3.8) is 0 Å². The van der Waals surface area contributed by atoms with Gasteiger partial charge in [-0.3, -0.25) is 72.0 Å². The molecule has 6 heterocycles. The Morgan fingerprint density at radius 2 is 1.01 bits per heavy atom. The number of nitrogens with zero attached hydrogens (tertiary/aromatic N) is 4. The van der Waals surface area contributed by atoms with Crippen LogP contribution in [0.4, 0.5) is 4.79 Å². The van der Waals surface area contributed by atoms with Crippen LogP contribution in [0.3, 0.4) is 0 Å². The number of H-pyrrole nitrogens is 1. The fourth-order valence-electron chi connectivity index (χ4n) is 16.9. The summed E-state index contributed by atoms with van der Waals surface area (Å²) >= 11 is 8.67. The number of esters is 2. The Bertz CT molecular complexity index is 5920. The maximum absolute atomic E-state index is 15.3. The van der Waals surface area contributed by atoms with E-state index in [-0.39, 0.29) is 163 Å². The van der Waals surface area contributed by atoms with Crippen LogP contribution in [0.25, 0.3) is 33.2 Å². The monoisotopic (exact) mass is 2000 g/mol. The second-order valence-corrected chi connectivity index (χ2v) is 35.9. The predicted molar refractivity (Wildman–Crippen MR) is 528 cm³/mol. The molecule has 0 spiro atoms. The minimum atomic E-state index is -1.99. The quantitative estimate of drug-likeness (QED) is 0.0136. The summed E-state index contributed by atoms with van der Waals surface area (Å²) in [5.41, 5.74) is 20.0. The number of carbonyl (C=O) groups is 15. The van der Waals surface area contributed by atoms with Gasteiger partial charge in [0.1, 0.15) is 90.8 Å². The molecule has 8 aromatic rings. The van der Waals surface area contributed by atoms with Crippen molar-refractivity contribution in [2.24, 2.45) is 17.2 Å². The van der Waals surface area contributed by atoms with Gasteiger partial charge in [-0.2, -0.15) is 25.3 Å².